The van der Waals surface area contributed by atoms with Gasteiger partial charge in [0.05, 0.1) is 6.61 Å². The number of aliphatic hydroxyl groups excluding tert-OH is 2. The fraction of sp³-hybridized carbons (Fsp3) is 0.467. The molecule has 4 heterocycles. The molecule has 54 heavy (non-hydrogen) atoms. The molecule has 0 bridgehead atoms. The van der Waals surface area contributed by atoms with Gasteiger partial charge in [0, 0.05) is 23.5 Å². The van der Waals surface area contributed by atoms with Crippen LogP contribution in [0.3, 0.4) is 0 Å². The first-order chi connectivity index (χ1) is 25.1. The largest absolute Gasteiger partial charge is 0.460 e. The van der Waals surface area contributed by atoms with Gasteiger partial charge in [-0.1, -0.05) is 13.2 Å². The fourth-order valence-electron chi connectivity index (χ4n) is 4.46. The SMILES string of the molecule is C=C(C)C(=O)OCC(=O)OC[C@H]1O[C@@H](n2ccc(N)nc2=O)C(F)(F)[C@H]1O.C=C(C)C(=O)OCC(=O)O[C@H]1[C@@H](CO)O[C@@H](n2ccc(N)nc2=O)C1(F)F. The van der Waals surface area contributed by atoms with E-state index in [1.807, 2.05) is 0 Å². The molecular formula is C30H34F4N6O14. The number of nitrogens with two attached hydrogens (primary N) is 2. The Hall–Kier alpha value is -5.72. The van der Waals surface area contributed by atoms with Crippen LogP contribution in [0.15, 0.2) is 58.4 Å². The standard InChI is InChI=1S/2C15H17F2N3O7/c1-7(2)12(23)26-6-10(21)25-5-8-11(22)15(16,17)13(27-8)20-4-3-9(18)19-14(20)24;1-7(2)12(23)25-6-10(22)27-11-8(5-21)26-13(15(11,16)17)20-4-3-9(18)19-14(20)24/h3-4,8,11,13,22H,1,5-6H2,2H3,(H2,18,19,24);3-4,8,11,13,21H,1,5-6H2,2H3,(H2,18,19,24)/t2*8-,11+,13-/m11/s1. The topological polar surface area (TPSA) is 286 Å². The van der Waals surface area contributed by atoms with Crippen LogP contribution in [0.1, 0.15) is 26.3 Å². The maximum atomic E-state index is 14.7. The molecule has 4 rings (SSSR count). The van der Waals surface area contributed by atoms with E-state index in [1.54, 1.807) is 0 Å². The van der Waals surface area contributed by atoms with E-state index in [9.17, 15) is 56.5 Å². The molecule has 20 nitrogen and oxygen atoms in total. The second-order valence-corrected chi connectivity index (χ2v) is 11.4. The number of halogens is 4. The summed E-state index contributed by atoms with van der Waals surface area (Å²) in [6, 6.07) is 2.21. The van der Waals surface area contributed by atoms with Gasteiger partial charge in [0.1, 0.15) is 30.5 Å². The monoisotopic (exact) mass is 778 g/mol. The molecule has 24 heteroatoms. The Morgan fingerprint density at radius 1 is 0.815 bits per heavy atom. The van der Waals surface area contributed by atoms with E-state index in [2.05, 4.69) is 42.1 Å². The van der Waals surface area contributed by atoms with Gasteiger partial charge >= 0.3 is 47.1 Å². The van der Waals surface area contributed by atoms with Crippen LogP contribution >= 0.6 is 0 Å². The lowest BCUT2D eigenvalue weighted by molar-refractivity contribution is -0.181. The molecule has 0 saturated carbocycles. The van der Waals surface area contributed by atoms with Crippen molar-refractivity contribution in [1.82, 2.24) is 19.1 Å². The van der Waals surface area contributed by atoms with Crippen LogP contribution in [0.4, 0.5) is 29.2 Å². The molecule has 0 radical (unpaired) electrons. The van der Waals surface area contributed by atoms with Crippen LogP contribution in [-0.4, -0.2) is 116 Å². The van der Waals surface area contributed by atoms with Crippen molar-refractivity contribution in [2.24, 2.45) is 0 Å². The van der Waals surface area contributed by atoms with Crippen LogP contribution in [0.25, 0.3) is 0 Å². The second kappa shape index (κ2) is 17.4. The number of esters is 4. The first-order valence-corrected chi connectivity index (χ1v) is 15.2. The van der Waals surface area contributed by atoms with Gasteiger partial charge in [0.25, 0.3) is 0 Å². The summed E-state index contributed by atoms with van der Waals surface area (Å²) in [6.07, 6.45) is -10.3. The van der Waals surface area contributed by atoms with Crippen molar-refractivity contribution in [1.29, 1.82) is 0 Å². The summed E-state index contributed by atoms with van der Waals surface area (Å²) in [6.45, 7) is 5.92. The number of ether oxygens (including phenoxy) is 6. The van der Waals surface area contributed by atoms with E-state index in [0.717, 1.165) is 24.5 Å². The quantitative estimate of drug-likeness (QED) is 0.0848. The van der Waals surface area contributed by atoms with E-state index in [0.29, 0.717) is 9.13 Å². The van der Waals surface area contributed by atoms with Gasteiger partial charge in [-0.3, -0.25) is 9.13 Å². The van der Waals surface area contributed by atoms with Crippen molar-refractivity contribution in [3.63, 3.8) is 0 Å². The molecular weight excluding hydrogens is 744 g/mol. The normalized spacial score (nSPS) is 23.6. The zero-order valence-corrected chi connectivity index (χ0v) is 28.3. The van der Waals surface area contributed by atoms with Crippen LogP contribution in [0.2, 0.25) is 0 Å². The molecule has 6 atom stereocenters. The number of carbonyl (C=O) groups excluding carboxylic acids is 4. The maximum Gasteiger partial charge on any atom is 0.351 e. The molecule has 296 valence electrons. The summed E-state index contributed by atoms with van der Waals surface area (Å²) in [5.41, 5.74) is 8.45. The highest BCUT2D eigenvalue weighted by Crippen LogP contribution is 2.44. The summed E-state index contributed by atoms with van der Waals surface area (Å²) >= 11 is 0. The van der Waals surface area contributed by atoms with Gasteiger partial charge in [-0.15, -0.1) is 0 Å². The molecule has 2 saturated heterocycles. The average Bonchev–Trinajstić information content (AvgIpc) is 3.47. The van der Waals surface area contributed by atoms with Crippen LogP contribution in [-0.2, 0) is 47.6 Å². The van der Waals surface area contributed by atoms with Gasteiger partial charge in [-0.25, -0.2) is 28.8 Å². The molecule has 0 aliphatic carbocycles. The van der Waals surface area contributed by atoms with Crippen molar-refractivity contribution in [2.45, 2.75) is 62.6 Å². The molecule has 6 N–H and O–H groups in total. The average molecular weight is 779 g/mol. The highest BCUT2D eigenvalue weighted by atomic mass is 19.3. The number of hydrogen-bond acceptors (Lipinski definition) is 18. The Morgan fingerprint density at radius 3 is 1.70 bits per heavy atom. The van der Waals surface area contributed by atoms with Crippen LogP contribution in [0, 0.1) is 0 Å². The number of anilines is 2. The Kier molecular flexibility index (Phi) is 13.8. The first-order valence-electron chi connectivity index (χ1n) is 15.2. The molecule has 2 fully saturated rings. The van der Waals surface area contributed by atoms with Crippen molar-refractivity contribution < 1.29 is 75.4 Å². The predicted octanol–water partition coefficient (Wildman–Crippen LogP) is -1.24. The number of aromatic nitrogens is 4. The van der Waals surface area contributed by atoms with Gasteiger partial charge in [0.2, 0.25) is 12.5 Å². The summed E-state index contributed by atoms with van der Waals surface area (Å²) < 4.78 is 87.2. The zero-order valence-electron chi connectivity index (χ0n) is 28.3. The zero-order chi connectivity index (χ0) is 40.7. The van der Waals surface area contributed by atoms with Crippen molar-refractivity contribution in [3.05, 3.63) is 69.8 Å². The predicted molar refractivity (Wildman–Crippen MR) is 169 cm³/mol. The van der Waals surface area contributed by atoms with Crippen LogP contribution in [0.5, 0.6) is 0 Å². The molecule has 2 aromatic rings. The van der Waals surface area contributed by atoms with Crippen molar-refractivity contribution >= 4 is 35.5 Å². The molecule has 0 spiro atoms. The Balaban J connectivity index is 0.000000290. The number of rotatable bonds is 12. The van der Waals surface area contributed by atoms with Gasteiger partial charge in [-0.05, 0) is 26.0 Å². The van der Waals surface area contributed by atoms with Gasteiger partial charge in [-0.2, -0.15) is 27.5 Å². The Bertz CT molecular complexity index is 1890. The van der Waals surface area contributed by atoms with E-state index in [-0.39, 0.29) is 22.8 Å². The van der Waals surface area contributed by atoms with E-state index in [4.69, 9.17) is 20.9 Å². The summed E-state index contributed by atoms with van der Waals surface area (Å²) in [7, 11) is 0. The summed E-state index contributed by atoms with van der Waals surface area (Å²) in [4.78, 5) is 75.8. The molecule has 2 aromatic heterocycles. The summed E-state index contributed by atoms with van der Waals surface area (Å²) in [5, 5.41) is 19.1. The molecule has 0 aromatic carbocycles. The molecule has 0 amide bonds. The fourth-order valence-corrected chi connectivity index (χ4v) is 4.46. The van der Waals surface area contributed by atoms with E-state index in [1.165, 1.54) is 13.8 Å². The molecule has 0 unspecified atom stereocenters. The first kappa shape index (κ1) is 42.7. The molecule has 2 aliphatic heterocycles. The Labute approximate surface area is 300 Å². The van der Waals surface area contributed by atoms with Crippen LogP contribution < -0.4 is 22.8 Å². The highest BCUT2D eigenvalue weighted by Gasteiger charge is 2.62. The minimum absolute atomic E-state index is 0.000791. The van der Waals surface area contributed by atoms with E-state index < -0.39 is 110 Å². The lowest BCUT2D eigenvalue weighted by Crippen LogP contribution is -2.45. The number of nitrogen functional groups attached to an aromatic ring is 2. The summed E-state index contributed by atoms with van der Waals surface area (Å²) in [5.74, 6) is -12.2. The minimum Gasteiger partial charge on any atom is -0.460 e. The Morgan fingerprint density at radius 2 is 1.26 bits per heavy atom. The number of hydrogen-bond donors (Lipinski definition) is 4. The highest BCUT2D eigenvalue weighted by molar-refractivity contribution is 5.89. The molecule has 2 aliphatic rings. The number of alkyl halides is 4. The third kappa shape index (κ3) is 10.0. The third-order valence-electron chi connectivity index (χ3n) is 7.12. The van der Waals surface area contributed by atoms with E-state index >= 15 is 0 Å². The van der Waals surface area contributed by atoms with Crippen molar-refractivity contribution in [3.8, 4) is 0 Å². The number of aliphatic hydroxyl groups is 2. The van der Waals surface area contributed by atoms with Gasteiger partial charge < -0.3 is 50.1 Å². The number of nitrogens with zero attached hydrogens (tertiary/aromatic N) is 4. The maximum absolute atomic E-state index is 14.7. The third-order valence-corrected chi connectivity index (χ3v) is 7.12. The van der Waals surface area contributed by atoms with Crippen molar-refractivity contribution in [2.75, 3.05) is 37.9 Å². The lowest BCUT2D eigenvalue weighted by atomic mass is 10.1. The second-order valence-electron chi connectivity index (χ2n) is 11.4. The minimum atomic E-state index is -3.90. The van der Waals surface area contributed by atoms with Gasteiger partial charge in [0.15, 0.2) is 25.4 Å². The lowest BCUT2D eigenvalue weighted by Gasteiger charge is -2.23. The smallest absolute Gasteiger partial charge is 0.351 e. The number of carbonyl (C=O) groups is 4.